The average molecular weight is 342 g/mol. The van der Waals surface area contributed by atoms with Gasteiger partial charge in [-0.05, 0) is 37.6 Å². The summed E-state index contributed by atoms with van der Waals surface area (Å²) < 4.78 is 0. The van der Waals surface area contributed by atoms with Crippen LogP contribution in [0.25, 0.3) is 0 Å². The van der Waals surface area contributed by atoms with E-state index in [-0.39, 0.29) is 29.4 Å². The minimum absolute atomic E-state index is 0.102. The highest BCUT2D eigenvalue weighted by molar-refractivity contribution is 5.93. The monoisotopic (exact) mass is 342 g/mol. The zero-order valence-corrected chi connectivity index (χ0v) is 14.3. The Hall–Kier alpha value is -2.96. The molecular weight excluding hydrogens is 320 g/mol. The summed E-state index contributed by atoms with van der Waals surface area (Å²) in [5, 5.41) is 15.0. The van der Waals surface area contributed by atoms with Crippen molar-refractivity contribution in [2.45, 2.75) is 32.7 Å². The number of aryl methyl sites for hydroxylation is 1. The summed E-state index contributed by atoms with van der Waals surface area (Å²) in [6.45, 7) is 3.47. The lowest BCUT2D eigenvalue weighted by Crippen LogP contribution is -2.42. The summed E-state index contributed by atoms with van der Waals surface area (Å²) in [7, 11) is 0. The van der Waals surface area contributed by atoms with Crippen molar-refractivity contribution in [3.8, 4) is 5.75 Å². The molecule has 0 aliphatic heterocycles. The number of hydrogen-bond donors (Lipinski definition) is 3. The number of carbonyl (C=O) groups excluding carboxylic acids is 2. The summed E-state index contributed by atoms with van der Waals surface area (Å²) in [4.78, 5) is 32.4. The summed E-state index contributed by atoms with van der Waals surface area (Å²) in [6, 6.07) is 8.22. The van der Waals surface area contributed by atoms with E-state index in [9.17, 15) is 14.7 Å². The highest BCUT2D eigenvalue weighted by Crippen LogP contribution is 2.19. The van der Waals surface area contributed by atoms with Gasteiger partial charge in [-0.3, -0.25) is 14.6 Å². The molecule has 2 amide bonds. The van der Waals surface area contributed by atoms with E-state index >= 15 is 0 Å². The molecule has 3 N–H and O–H groups in total. The van der Waals surface area contributed by atoms with Gasteiger partial charge in [0.15, 0.2) is 11.6 Å². The van der Waals surface area contributed by atoms with Crippen molar-refractivity contribution in [3.63, 3.8) is 0 Å². The van der Waals surface area contributed by atoms with Crippen LogP contribution in [0.1, 0.15) is 26.0 Å². The number of hydrogen-bond acceptors (Lipinski definition) is 5. The van der Waals surface area contributed by atoms with Crippen LogP contribution < -0.4 is 10.6 Å². The third-order valence-electron chi connectivity index (χ3n) is 3.91. The molecule has 0 fully saturated rings. The van der Waals surface area contributed by atoms with E-state index in [4.69, 9.17) is 0 Å². The lowest BCUT2D eigenvalue weighted by Gasteiger charge is -2.20. The summed E-state index contributed by atoms with van der Waals surface area (Å²) in [6.07, 6.45) is 4.01. The van der Waals surface area contributed by atoms with Gasteiger partial charge in [-0.2, -0.15) is 0 Å². The number of rotatable bonds is 7. The molecule has 7 heteroatoms. The molecule has 132 valence electrons. The lowest BCUT2D eigenvalue weighted by molar-refractivity contribution is -0.123. The number of pyridine rings is 2. The van der Waals surface area contributed by atoms with Crippen LogP contribution in [0.5, 0.6) is 5.75 Å². The molecule has 2 aromatic rings. The summed E-state index contributed by atoms with van der Waals surface area (Å²) >= 11 is 0. The topological polar surface area (TPSA) is 104 Å². The van der Waals surface area contributed by atoms with Gasteiger partial charge in [0.1, 0.15) is 0 Å². The highest BCUT2D eigenvalue weighted by Gasteiger charge is 2.22. The maximum Gasteiger partial charge on any atom is 0.230 e. The molecule has 0 radical (unpaired) electrons. The van der Waals surface area contributed by atoms with E-state index in [0.717, 1.165) is 5.69 Å². The fraction of sp³-hybridized carbons (Fsp3) is 0.333. The van der Waals surface area contributed by atoms with E-state index in [1.807, 2.05) is 18.2 Å². The van der Waals surface area contributed by atoms with Crippen molar-refractivity contribution in [3.05, 3.63) is 48.4 Å². The lowest BCUT2D eigenvalue weighted by atomic mass is 10.0. The predicted molar refractivity (Wildman–Crippen MR) is 93.9 cm³/mol. The molecule has 2 heterocycles. The first-order chi connectivity index (χ1) is 12.0. The fourth-order valence-electron chi connectivity index (χ4n) is 2.19. The van der Waals surface area contributed by atoms with Gasteiger partial charge in [0.2, 0.25) is 11.8 Å². The molecule has 0 spiro atoms. The quantitative estimate of drug-likeness (QED) is 0.713. The van der Waals surface area contributed by atoms with Gasteiger partial charge in [-0.15, -0.1) is 0 Å². The number of aromatic nitrogens is 2. The molecule has 0 aliphatic carbocycles. The molecule has 7 nitrogen and oxygen atoms in total. The number of carbonyl (C=O) groups is 2. The van der Waals surface area contributed by atoms with Crippen LogP contribution in [0.2, 0.25) is 0 Å². The van der Waals surface area contributed by atoms with Crippen LogP contribution in [0.3, 0.4) is 0 Å². The molecule has 2 aromatic heterocycles. The minimum atomic E-state index is -0.486. The van der Waals surface area contributed by atoms with Crippen molar-refractivity contribution >= 4 is 17.6 Å². The van der Waals surface area contributed by atoms with Gasteiger partial charge in [0.25, 0.3) is 0 Å². The van der Waals surface area contributed by atoms with Crippen LogP contribution in [-0.4, -0.2) is 32.9 Å². The van der Waals surface area contributed by atoms with Crippen LogP contribution in [0, 0.1) is 5.92 Å². The van der Waals surface area contributed by atoms with Crippen molar-refractivity contribution in [2.75, 3.05) is 5.32 Å². The third-order valence-corrected chi connectivity index (χ3v) is 3.91. The molecule has 2 atom stereocenters. The maximum absolute atomic E-state index is 12.2. The first kappa shape index (κ1) is 18.4. The van der Waals surface area contributed by atoms with Crippen molar-refractivity contribution < 1.29 is 14.7 Å². The maximum atomic E-state index is 12.2. The van der Waals surface area contributed by atoms with Gasteiger partial charge in [0.05, 0.1) is 5.92 Å². The second-order valence-electron chi connectivity index (χ2n) is 5.83. The average Bonchev–Trinajstić information content (AvgIpc) is 2.62. The first-order valence-electron chi connectivity index (χ1n) is 8.11. The van der Waals surface area contributed by atoms with Crippen LogP contribution in [-0.2, 0) is 16.0 Å². The number of aromatic hydroxyl groups is 1. The Bertz CT molecular complexity index is 721. The largest absolute Gasteiger partial charge is 0.504 e. The molecule has 25 heavy (non-hydrogen) atoms. The summed E-state index contributed by atoms with van der Waals surface area (Å²) in [5.41, 5.74) is 0.849. The van der Waals surface area contributed by atoms with Crippen LogP contribution in [0.15, 0.2) is 42.7 Å². The van der Waals surface area contributed by atoms with Gasteiger partial charge < -0.3 is 15.7 Å². The second kappa shape index (κ2) is 8.77. The number of nitrogens with zero attached hydrogens (tertiary/aromatic N) is 2. The van der Waals surface area contributed by atoms with Gasteiger partial charge in [0, 0.05) is 30.6 Å². The number of nitrogens with one attached hydrogen (secondary N) is 2. The predicted octanol–water partition coefficient (Wildman–Crippen LogP) is 1.89. The number of amides is 2. The fourth-order valence-corrected chi connectivity index (χ4v) is 2.19. The Morgan fingerprint density at radius 3 is 2.56 bits per heavy atom. The van der Waals surface area contributed by atoms with Crippen molar-refractivity contribution in [1.82, 2.24) is 15.3 Å². The Kier molecular flexibility index (Phi) is 6.45. The first-order valence-corrected chi connectivity index (χ1v) is 8.11. The molecule has 2 rings (SSSR count). The molecule has 0 saturated carbocycles. The Balaban J connectivity index is 1.82. The second-order valence-corrected chi connectivity index (χ2v) is 5.83. The van der Waals surface area contributed by atoms with E-state index in [1.54, 1.807) is 26.1 Å². The van der Waals surface area contributed by atoms with E-state index < -0.39 is 5.92 Å². The SMILES string of the molecule is CC(NC(=O)CCc1ccccn1)C(C)C(=O)Nc1ncccc1O. The molecule has 0 aliphatic rings. The zero-order chi connectivity index (χ0) is 18.2. The minimum Gasteiger partial charge on any atom is -0.504 e. The van der Waals surface area contributed by atoms with Gasteiger partial charge >= 0.3 is 0 Å². The molecular formula is C18H22N4O3. The van der Waals surface area contributed by atoms with Crippen LogP contribution >= 0.6 is 0 Å². The van der Waals surface area contributed by atoms with Gasteiger partial charge in [-0.1, -0.05) is 13.0 Å². The summed E-state index contributed by atoms with van der Waals surface area (Å²) in [5.74, 6) is -0.951. The van der Waals surface area contributed by atoms with E-state index in [2.05, 4.69) is 20.6 Å². The van der Waals surface area contributed by atoms with Gasteiger partial charge in [-0.25, -0.2) is 4.98 Å². The number of anilines is 1. The Labute approximate surface area is 146 Å². The Morgan fingerprint density at radius 1 is 1.12 bits per heavy atom. The molecule has 0 saturated heterocycles. The van der Waals surface area contributed by atoms with Crippen molar-refractivity contribution in [1.29, 1.82) is 0 Å². The smallest absolute Gasteiger partial charge is 0.230 e. The molecule has 0 bridgehead atoms. The molecule has 2 unspecified atom stereocenters. The Morgan fingerprint density at radius 2 is 1.88 bits per heavy atom. The zero-order valence-electron chi connectivity index (χ0n) is 14.3. The third kappa shape index (κ3) is 5.56. The molecule has 0 aromatic carbocycles. The van der Waals surface area contributed by atoms with Crippen LogP contribution in [0.4, 0.5) is 5.82 Å². The standard InChI is InChI=1S/C18H22N4O3/c1-12(18(25)22-17-15(23)7-5-11-20-17)13(2)21-16(24)9-8-14-6-3-4-10-19-14/h3-7,10-13,23H,8-9H2,1-2H3,(H,21,24)(H,20,22,25). The normalized spacial score (nSPS) is 12.9. The van der Waals surface area contributed by atoms with Crippen molar-refractivity contribution in [2.24, 2.45) is 5.92 Å². The van der Waals surface area contributed by atoms with E-state index in [1.165, 1.54) is 12.3 Å². The highest BCUT2D eigenvalue weighted by atomic mass is 16.3. The van der Waals surface area contributed by atoms with E-state index in [0.29, 0.717) is 12.8 Å².